The van der Waals surface area contributed by atoms with Gasteiger partial charge < -0.3 is 10.2 Å². The normalized spacial score (nSPS) is 24.2. The van der Waals surface area contributed by atoms with Crippen LogP contribution < -0.4 is 5.32 Å². The summed E-state index contributed by atoms with van der Waals surface area (Å²) >= 11 is 1.77. The first-order chi connectivity index (χ1) is 9.34. The van der Waals surface area contributed by atoms with Gasteiger partial charge in [0.1, 0.15) is 0 Å². The van der Waals surface area contributed by atoms with Crippen LogP contribution in [0.1, 0.15) is 49.4 Å². The molecule has 1 saturated carbocycles. The monoisotopic (exact) mass is 278 g/mol. The molecule has 3 rings (SSSR count). The summed E-state index contributed by atoms with van der Waals surface area (Å²) in [7, 11) is 0. The van der Waals surface area contributed by atoms with Crippen LogP contribution in [0, 0.1) is 0 Å². The second kappa shape index (κ2) is 6.06. The second-order valence-corrected chi connectivity index (χ2v) is 6.60. The Labute approximate surface area is 119 Å². The van der Waals surface area contributed by atoms with Crippen LogP contribution >= 0.6 is 11.3 Å². The Bertz CT molecular complexity index is 412. The molecule has 1 saturated heterocycles. The summed E-state index contributed by atoms with van der Waals surface area (Å²) in [5.74, 6) is 0.280. The number of thiophene rings is 1. The highest BCUT2D eigenvalue weighted by molar-refractivity contribution is 7.10. The Morgan fingerprint density at radius 3 is 2.89 bits per heavy atom. The van der Waals surface area contributed by atoms with E-state index in [2.05, 4.69) is 27.7 Å². The van der Waals surface area contributed by atoms with Crippen LogP contribution in [0.2, 0.25) is 0 Å². The largest absolute Gasteiger partial charge is 0.334 e. The lowest BCUT2D eigenvalue weighted by molar-refractivity contribution is -0.131. The zero-order valence-corrected chi connectivity index (χ0v) is 12.1. The van der Waals surface area contributed by atoms with E-state index in [1.165, 1.54) is 30.6 Å². The molecule has 1 N–H and O–H groups in total. The van der Waals surface area contributed by atoms with Crippen molar-refractivity contribution in [1.82, 2.24) is 10.2 Å². The van der Waals surface area contributed by atoms with Gasteiger partial charge in [-0.15, -0.1) is 11.3 Å². The third-order valence-electron chi connectivity index (χ3n) is 4.34. The zero-order chi connectivity index (χ0) is 13.1. The van der Waals surface area contributed by atoms with Crippen molar-refractivity contribution < 1.29 is 4.79 Å². The van der Waals surface area contributed by atoms with Crippen LogP contribution in [-0.2, 0) is 4.79 Å². The van der Waals surface area contributed by atoms with E-state index in [0.29, 0.717) is 18.6 Å². The van der Waals surface area contributed by atoms with Crippen molar-refractivity contribution in [2.75, 3.05) is 13.1 Å². The maximum absolute atomic E-state index is 12.4. The molecule has 4 heteroatoms. The highest BCUT2D eigenvalue weighted by atomic mass is 32.1. The summed E-state index contributed by atoms with van der Waals surface area (Å²) in [5.41, 5.74) is 0. The molecule has 2 heterocycles. The third kappa shape index (κ3) is 3.00. The van der Waals surface area contributed by atoms with E-state index in [4.69, 9.17) is 0 Å². The molecule has 1 aliphatic heterocycles. The van der Waals surface area contributed by atoms with Crippen LogP contribution in [0.3, 0.4) is 0 Å². The van der Waals surface area contributed by atoms with Crippen LogP contribution in [0.4, 0.5) is 0 Å². The summed E-state index contributed by atoms with van der Waals surface area (Å²) in [6.45, 7) is 1.44. The summed E-state index contributed by atoms with van der Waals surface area (Å²) in [4.78, 5) is 15.8. The van der Waals surface area contributed by atoms with Crippen LogP contribution in [-0.4, -0.2) is 29.9 Å². The van der Waals surface area contributed by atoms with Crippen LogP contribution in [0.25, 0.3) is 0 Å². The molecule has 1 amide bonds. The van der Waals surface area contributed by atoms with Gasteiger partial charge in [-0.1, -0.05) is 18.9 Å². The molecule has 1 unspecified atom stereocenters. The maximum Gasteiger partial charge on any atom is 0.237 e. The number of nitrogens with one attached hydrogen (secondary N) is 1. The average molecular weight is 278 g/mol. The molecule has 0 aromatic carbocycles. The average Bonchev–Trinajstić information content (AvgIpc) is 3.14. The van der Waals surface area contributed by atoms with Gasteiger partial charge in [0, 0.05) is 17.5 Å². The second-order valence-electron chi connectivity index (χ2n) is 5.62. The van der Waals surface area contributed by atoms with Crippen molar-refractivity contribution >= 4 is 17.2 Å². The molecule has 2 fully saturated rings. The van der Waals surface area contributed by atoms with E-state index in [1.54, 1.807) is 11.3 Å². The SMILES string of the molecule is O=C(CNC1CCCC1)N1CCCC1c1cccs1. The quantitative estimate of drug-likeness (QED) is 0.918. The lowest BCUT2D eigenvalue weighted by atomic mass is 10.2. The first kappa shape index (κ1) is 13.1. The highest BCUT2D eigenvalue weighted by Gasteiger charge is 2.30. The number of hydrogen-bond donors (Lipinski definition) is 1. The third-order valence-corrected chi connectivity index (χ3v) is 5.32. The number of carbonyl (C=O) groups is 1. The molecule has 1 aromatic rings. The Morgan fingerprint density at radius 1 is 1.32 bits per heavy atom. The minimum absolute atomic E-state index is 0.280. The van der Waals surface area contributed by atoms with E-state index in [1.807, 2.05) is 0 Å². The van der Waals surface area contributed by atoms with Gasteiger partial charge in [-0.2, -0.15) is 0 Å². The zero-order valence-electron chi connectivity index (χ0n) is 11.3. The van der Waals surface area contributed by atoms with Crippen molar-refractivity contribution in [3.05, 3.63) is 22.4 Å². The van der Waals surface area contributed by atoms with Gasteiger partial charge in [0.2, 0.25) is 5.91 Å². The summed E-state index contributed by atoms with van der Waals surface area (Å²) in [6.07, 6.45) is 7.36. The number of nitrogens with zero attached hydrogens (tertiary/aromatic N) is 1. The van der Waals surface area contributed by atoms with Crippen molar-refractivity contribution in [2.45, 2.75) is 50.6 Å². The molecule has 19 heavy (non-hydrogen) atoms. The molecule has 2 aliphatic rings. The molecule has 0 radical (unpaired) electrons. The smallest absolute Gasteiger partial charge is 0.237 e. The van der Waals surface area contributed by atoms with Crippen molar-refractivity contribution in [1.29, 1.82) is 0 Å². The highest BCUT2D eigenvalue weighted by Crippen LogP contribution is 2.34. The van der Waals surface area contributed by atoms with Gasteiger partial charge in [0.05, 0.1) is 12.6 Å². The Morgan fingerprint density at radius 2 is 2.16 bits per heavy atom. The molecule has 1 aliphatic carbocycles. The van der Waals surface area contributed by atoms with Crippen molar-refractivity contribution in [3.8, 4) is 0 Å². The summed E-state index contributed by atoms with van der Waals surface area (Å²) in [5, 5.41) is 5.54. The van der Waals surface area contributed by atoms with Gasteiger partial charge >= 0.3 is 0 Å². The standard InChI is InChI=1S/C15H22N2OS/c18-15(11-16-12-5-1-2-6-12)17-9-3-7-13(17)14-8-4-10-19-14/h4,8,10,12-13,16H,1-3,5-7,9,11H2. The first-order valence-electron chi connectivity index (χ1n) is 7.41. The molecular weight excluding hydrogens is 256 g/mol. The molecule has 104 valence electrons. The Hall–Kier alpha value is -0.870. The lowest BCUT2D eigenvalue weighted by Crippen LogP contribution is -2.40. The molecule has 3 nitrogen and oxygen atoms in total. The van der Waals surface area contributed by atoms with Gasteiger partial charge in [-0.3, -0.25) is 4.79 Å². The molecule has 0 spiro atoms. The van der Waals surface area contributed by atoms with E-state index in [9.17, 15) is 4.79 Å². The minimum atomic E-state index is 0.280. The summed E-state index contributed by atoms with van der Waals surface area (Å²) in [6, 6.07) is 5.15. The lowest BCUT2D eigenvalue weighted by Gasteiger charge is -2.25. The van der Waals surface area contributed by atoms with Crippen molar-refractivity contribution in [2.24, 2.45) is 0 Å². The first-order valence-corrected chi connectivity index (χ1v) is 8.29. The maximum atomic E-state index is 12.4. The molecule has 1 aromatic heterocycles. The fourth-order valence-corrected chi connectivity index (χ4v) is 4.18. The summed E-state index contributed by atoms with van der Waals surface area (Å²) < 4.78 is 0. The Kier molecular flexibility index (Phi) is 4.18. The van der Waals surface area contributed by atoms with Gasteiger partial charge in [-0.25, -0.2) is 0 Å². The van der Waals surface area contributed by atoms with E-state index in [0.717, 1.165) is 19.4 Å². The van der Waals surface area contributed by atoms with Gasteiger partial charge in [-0.05, 0) is 37.1 Å². The number of hydrogen-bond acceptors (Lipinski definition) is 3. The number of likely N-dealkylation sites (tertiary alicyclic amines) is 1. The van der Waals surface area contributed by atoms with E-state index in [-0.39, 0.29) is 5.91 Å². The van der Waals surface area contributed by atoms with E-state index >= 15 is 0 Å². The fraction of sp³-hybridized carbons (Fsp3) is 0.667. The predicted molar refractivity (Wildman–Crippen MR) is 78.3 cm³/mol. The number of carbonyl (C=O) groups excluding carboxylic acids is 1. The fourth-order valence-electron chi connectivity index (χ4n) is 3.31. The van der Waals surface area contributed by atoms with Crippen molar-refractivity contribution in [3.63, 3.8) is 0 Å². The van der Waals surface area contributed by atoms with Crippen LogP contribution in [0.15, 0.2) is 17.5 Å². The molecule has 0 bridgehead atoms. The number of amides is 1. The van der Waals surface area contributed by atoms with Gasteiger partial charge in [0.25, 0.3) is 0 Å². The van der Waals surface area contributed by atoms with Gasteiger partial charge in [0.15, 0.2) is 0 Å². The molecular formula is C15H22N2OS. The number of rotatable bonds is 4. The predicted octanol–water partition coefficient (Wildman–Crippen LogP) is 2.94. The topological polar surface area (TPSA) is 32.3 Å². The van der Waals surface area contributed by atoms with E-state index < -0.39 is 0 Å². The van der Waals surface area contributed by atoms with Crippen LogP contribution in [0.5, 0.6) is 0 Å². The minimum Gasteiger partial charge on any atom is -0.334 e. The Balaban J connectivity index is 1.56. The molecule has 1 atom stereocenters.